The number of hydrogen-bond acceptors (Lipinski definition) is 4. The summed E-state index contributed by atoms with van der Waals surface area (Å²) in [6, 6.07) is 9.28. The van der Waals surface area contributed by atoms with Crippen LogP contribution in [-0.4, -0.2) is 37.3 Å². The fourth-order valence-corrected chi connectivity index (χ4v) is 1.68. The number of nitrogens with two attached hydrogens (primary N) is 1. The van der Waals surface area contributed by atoms with Gasteiger partial charge in [0.05, 0.1) is 0 Å². The molecule has 2 rings (SSSR count). The Morgan fingerprint density at radius 3 is 2.42 bits per heavy atom. The maximum atomic E-state index is 10.6. The lowest BCUT2D eigenvalue weighted by Crippen LogP contribution is -2.21. The van der Waals surface area contributed by atoms with Crippen LogP contribution in [0.2, 0.25) is 0 Å². The predicted octanol–water partition coefficient (Wildman–Crippen LogP) is 1.40. The van der Waals surface area contributed by atoms with Gasteiger partial charge in [-0.3, -0.25) is 0 Å². The summed E-state index contributed by atoms with van der Waals surface area (Å²) in [4.78, 5) is 10.6. The maximum absolute atomic E-state index is 10.6. The van der Waals surface area contributed by atoms with Crippen molar-refractivity contribution in [3.63, 3.8) is 0 Å². The third-order valence-corrected chi connectivity index (χ3v) is 2.66. The molecule has 0 bridgehead atoms. The van der Waals surface area contributed by atoms with E-state index in [-0.39, 0.29) is 7.43 Å². The summed E-state index contributed by atoms with van der Waals surface area (Å²) in [5.74, 6) is -0.969. The van der Waals surface area contributed by atoms with Gasteiger partial charge in [-0.15, -0.1) is 0 Å². The molecule has 0 radical (unpaired) electrons. The monoisotopic (exact) mass is 268 g/mol. The molecule has 1 saturated heterocycles. The first kappa shape index (κ1) is 17.6. The van der Waals surface area contributed by atoms with E-state index < -0.39 is 12.1 Å². The van der Waals surface area contributed by atoms with Gasteiger partial charge in [0, 0.05) is 19.7 Å². The second-order valence-corrected chi connectivity index (χ2v) is 4.12. The zero-order valence-corrected chi connectivity index (χ0v) is 10.5. The van der Waals surface area contributed by atoms with Crippen LogP contribution in [-0.2, 0) is 9.53 Å². The van der Waals surface area contributed by atoms with Crippen molar-refractivity contribution < 1.29 is 14.6 Å². The number of carboxylic acids is 1. The number of carbonyl (C=O) groups is 1. The number of hydrogen-bond donors (Lipinski definition) is 3. The van der Waals surface area contributed by atoms with Crippen LogP contribution in [0.25, 0.3) is 0 Å². The summed E-state index contributed by atoms with van der Waals surface area (Å²) in [6.45, 7) is 2.13. The molecule has 2 unspecified atom stereocenters. The quantitative estimate of drug-likeness (QED) is 0.771. The second-order valence-electron chi connectivity index (χ2n) is 4.12. The average molecular weight is 268 g/mol. The highest BCUT2D eigenvalue weighted by atomic mass is 16.5. The lowest BCUT2D eigenvalue weighted by Gasteiger charge is -2.09. The van der Waals surface area contributed by atoms with E-state index in [0.29, 0.717) is 11.6 Å². The molecule has 0 saturated carbocycles. The Hall–Kier alpha value is -1.43. The average Bonchev–Trinajstić information content (AvgIpc) is 2.83. The summed E-state index contributed by atoms with van der Waals surface area (Å²) in [6.07, 6.45) is 0.297. The fourth-order valence-electron chi connectivity index (χ4n) is 1.68. The van der Waals surface area contributed by atoms with Crippen molar-refractivity contribution in [3.8, 4) is 0 Å². The van der Waals surface area contributed by atoms with Crippen molar-refractivity contribution >= 4 is 5.97 Å². The maximum Gasteiger partial charge on any atom is 0.337 e. The van der Waals surface area contributed by atoms with Gasteiger partial charge in [0.1, 0.15) is 0 Å². The van der Waals surface area contributed by atoms with Gasteiger partial charge >= 0.3 is 5.97 Å². The summed E-state index contributed by atoms with van der Waals surface area (Å²) in [7, 11) is 1.38. The van der Waals surface area contributed by atoms with E-state index >= 15 is 0 Å². The minimum Gasteiger partial charge on any atom is -0.479 e. The zero-order valence-electron chi connectivity index (χ0n) is 10.5. The molecule has 108 valence electrons. The van der Waals surface area contributed by atoms with Crippen molar-refractivity contribution in [2.24, 2.45) is 5.73 Å². The number of methoxy groups -OCH3 is 1. The Labute approximate surface area is 114 Å². The Bertz CT molecular complexity index is 351. The first-order chi connectivity index (χ1) is 8.65. The molecule has 2 atom stereocenters. The van der Waals surface area contributed by atoms with Gasteiger partial charge in [0.2, 0.25) is 0 Å². The molecular formula is C14H24N2O3. The van der Waals surface area contributed by atoms with Crippen LogP contribution >= 0.6 is 0 Å². The van der Waals surface area contributed by atoms with Crippen LogP contribution in [0.1, 0.15) is 25.5 Å². The molecule has 0 aromatic heterocycles. The molecule has 1 heterocycles. The van der Waals surface area contributed by atoms with Crippen LogP contribution in [0.3, 0.4) is 0 Å². The minimum atomic E-state index is -0.969. The second kappa shape index (κ2) is 9.49. The van der Waals surface area contributed by atoms with Gasteiger partial charge in [-0.1, -0.05) is 37.8 Å². The fraction of sp³-hybridized carbons (Fsp3) is 0.500. The lowest BCUT2D eigenvalue weighted by atomic mass is 10.1. The normalized spacial score (nSPS) is 18.7. The molecule has 1 aliphatic rings. The molecule has 4 N–H and O–H groups in total. The predicted molar refractivity (Wildman–Crippen MR) is 76.0 cm³/mol. The van der Waals surface area contributed by atoms with E-state index in [4.69, 9.17) is 15.6 Å². The first-order valence-electron chi connectivity index (χ1n) is 5.92. The van der Waals surface area contributed by atoms with Crippen molar-refractivity contribution in [2.45, 2.75) is 26.0 Å². The summed E-state index contributed by atoms with van der Waals surface area (Å²) < 4.78 is 4.80. The van der Waals surface area contributed by atoms with E-state index in [1.165, 1.54) is 7.11 Å². The third-order valence-electron chi connectivity index (χ3n) is 2.66. The smallest absolute Gasteiger partial charge is 0.337 e. The molecule has 1 aliphatic heterocycles. The Kier molecular flexibility index (Phi) is 8.78. The topological polar surface area (TPSA) is 84.6 Å². The molecule has 5 nitrogen and oxygen atoms in total. The molecule has 0 aliphatic carbocycles. The lowest BCUT2D eigenvalue weighted by molar-refractivity contribution is -0.148. The highest BCUT2D eigenvalue weighted by Crippen LogP contribution is 2.15. The van der Waals surface area contributed by atoms with E-state index in [1.807, 2.05) is 6.07 Å². The number of nitrogens with one attached hydrogen (secondary N) is 1. The zero-order chi connectivity index (χ0) is 13.4. The summed E-state index contributed by atoms with van der Waals surface area (Å²) >= 11 is 0. The third kappa shape index (κ3) is 6.33. The van der Waals surface area contributed by atoms with Crippen LogP contribution < -0.4 is 11.1 Å². The van der Waals surface area contributed by atoms with Crippen molar-refractivity contribution in [3.05, 3.63) is 35.9 Å². The number of benzene rings is 1. The molecule has 1 aromatic rings. The van der Waals surface area contributed by atoms with Crippen molar-refractivity contribution in [1.82, 2.24) is 5.32 Å². The highest BCUT2D eigenvalue weighted by Gasteiger charge is 2.17. The molecule has 0 spiro atoms. The van der Waals surface area contributed by atoms with Gasteiger partial charge in [-0.2, -0.15) is 0 Å². The van der Waals surface area contributed by atoms with E-state index in [9.17, 15) is 4.79 Å². The van der Waals surface area contributed by atoms with Crippen LogP contribution in [0.15, 0.2) is 30.3 Å². The minimum absolute atomic E-state index is 0. The first-order valence-corrected chi connectivity index (χ1v) is 5.92. The molecular weight excluding hydrogens is 244 g/mol. The van der Waals surface area contributed by atoms with E-state index in [1.54, 1.807) is 24.3 Å². The number of ether oxygens (including phenoxy) is 1. The van der Waals surface area contributed by atoms with Gasteiger partial charge in [0.25, 0.3) is 0 Å². The summed E-state index contributed by atoms with van der Waals surface area (Å²) in [5, 5.41) is 11.8. The van der Waals surface area contributed by atoms with E-state index in [0.717, 1.165) is 19.5 Å². The Morgan fingerprint density at radius 1 is 1.47 bits per heavy atom. The molecule has 1 aromatic carbocycles. The van der Waals surface area contributed by atoms with Crippen LogP contribution in [0.5, 0.6) is 0 Å². The van der Waals surface area contributed by atoms with Gasteiger partial charge in [-0.25, -0.2) is 4.79 Å². The molecule has 5 heteroatoms. The van der Waals surface area contributed by atoms with Gasteiger partial charge < -0.3 is 20.9 Å². The van der Waals surface area contributed by atoms with Crippen LogP contribution in [0, 0.1) is 0 Å². The van der Waals surface area contributed by atoms with Crippen molar-refractivity contribution in [1.29, 1.82) is 0 Å². The van der Waals surface area contributed by atoms with Gasteiger partial charge in [-0.05, 0) is 18.5 Å². The molecule has 19 heavy (non-hydrogen) atoms. The molecule has 1 fully saturated rings. The van der Waals surface area contributed by atoms with Crippen LogP contribution in [0.4, 0.5) is 0 Å². The molecule has 0 amide bonds. The number of rotatable bonds is 3. The number of carboxylic acid groups (broad SMARTS) is 1. The Balaban J connectivity index is 0.000000392. The van der Waals surface area contributed by atoms with Gasteiger partial charge in [0.15, 0.2) is 6.10 Å². The summed E-state index contributed by atoms with van der Waals surface area (Å²) in [5.41, 5.74) is 6.13. The Morgan fingerprint density at radius 2 is 2.11 bits per heavy atom. The standard InChI is InChI=1S/C9H10O3.C4H10N2.CH4/c1-12-8(9(10)11)7-5-3-2-4-6-7;5-4-1-2-6-3-4;/h2-6,8H,1H3,(H,10,11);4,6H,1-3,5H2;1H4. The van der Waals surface area contributed by atoms with Crippen molar-refractivity contribution in [2.75, 3.05) is 20.2 Å². The number of aliphatic carboxylic acids is 1. The highest BCUT2D eigenvalue weighted by molar-refractivity contribution is 5.74. The van der Waals surface area contributed by atoms with E-state index in [2.05, 4.69) is 5.32 Å². The SMILES string of the molecule is C.COC(C(=O)O)c1ccccc1.NC1CCNC1. The largest absolute Gasteiger partial charge is 0.479 e.